The molecule has 2 amide bonds. The standard InChI is InChI=1S/C14H16N2O4/c17-13(20-8-9-4-2-1-3-5-9)15-12-10-6-16(14(18)19)7-11(10)12/h1-5,10-12H,6-8H2,(H,15,17)(H,18,19)/t10-,11+,12+. The van der Waals surface area contributed by atoms with Gasteiger partial charge in [-0.3, -0.25) is 0 Å². The summed E-state index contributed by atoms with van der Waals surface area (Å²) in [5.74, 6) is 0.491. The number of piperidine rings is 1. The summed E-state index contributed by atoms with van der Waals surface area (Å²) in [6, 6.07) is 9.54. The number of fused-ring (bicyclic) bond motifs is 1. The Bertz CT molecular complexity index is 507. The van der Waals surface area contributed by atoms with Gasteiger partial charge >= 0.3 is 12.2 Å². The highest BCUT2D eigenvalue weighted by Crippen LogP contribution is 2.45. The van der Waals surface area contributed by atoms with Crippen molar-refractivity contribution in [2.45, 2.75) is 12.6 Å². The summed E-state index contributed by atoms with van der Waals surface area (Å²) >= 11 is 0. The van der Waals surface area contributed by atoms with Crippen LogP contribution in [0, 0.1) is 11.8 Å². The molecule has 3 rings (SSSR count). The van der Waals surface area contributed by atoms with E-state index in [1.807, 2.05) is 30.3 Å². The van der Waals surface area contributed by atoms with Crippen LogP contribution in [0.1, 0.15) is 5.56 Å². The minimum atomic E-state index is -0.886. The fraction of sp³-hybridized carbons (Fsp3) is 0.429. The SMILES string of the molecule is O=C(N[C@H]1[C@@H]2CN(C(=O)O)C[C@@H]21)OCc1ccccc1. The number of hydrogen-bond donors (Lipinski definition) is 2. The van der Waals surface area contributed by atoms with Gasteiger partial charge in [-0.15, -0.1) is 0 Å². The van der Waals surface area contributed by atoms with Gasteiger partial charge < -0.3 is 20.1 Å². The van der Waals surface area contributed by atoms with E-state index >= 15 is 0 Å². The van der Waals surface area contributed by atoms with Crippen LogP contribution < -0.4 is 5.32 Å². The first-order valence-electron chi connectivity index (χ1n) is 6.60. The molecule has 2 fully saturated rings. The van der Waals surface area contributed by atoms with E-state index in [-0.39, 0.29) is 24.5 Å². The number of carbonyl (C=O) groups is 2. The van der Waals surface area contributed by atoms with Crippen LogP contribution in [0.4, 0.5) is 9.59 Å². The summed E-state index contributed by atoms with van der Waals surface area (Å²) in [6.45, 7) is 1.25. The van der Waals surface area contributed by atoms with E-state index in [9.17, 15) is 9.59 Å². The van der Waals surface area contributed by atoms with Gasteiger partial charge in [-0.1, -0.05) is 30.3 Å². The molecule has 1 aromatic carbocycles. The van der Waals surface area contributed by atoms with E-state index in [0.29, 0.717) is 13.1 Å². The van der Waals surface area contributed by atoms with Crippen molar-refractivity contribution in [2.75, 3.05) is 13.1 Å². The Morgan fingerprint density at radius 1 is 1.25 bits per heavy atom. The number of benzene rings is 1. The number of carboxylic acid groups (broad SMARTS) is 1. The summed E-state index contributed by atoms with van der Waals surface area (Å²) < 4.78 is 5.14. The number of hydrogen-bond acceptors (Lipinski definition) is 3. The Kier molecular flexibility index (Phi) is 3.22. The molecule has 1 aromatic rings. The molecule has 0 bridgehead atoms. The molecule has 1 heterocycles. The molecule has 6 nitrogen and oxygen atoms in total. The van der Waals surface area contributed by atoms with Gasteiger partial charge in [-0.25, -0.2) is 9.59 Å². The lowest BCUT2D eigenvalue weighted by Crippen LogP contribution is -2.36. The van der Waals surface area contributed by atoms with Gasteiger partial charge in [-0.05, 0) is 5.56 Å². The molecule has 0 spiro atoms. The second-order valence-corrected chi connectivity index (χ2v) is 5.25. The Morgan fingerprint density at radius 2 is 1.90 bits per heavy atom. The zero-order valence-corrected chi connectivity index (χ0v) is 10.9. The van der Waals surface area contributed by atoms with E-state index in [4.69, 9.17) is 9.84 Å². The van der Waals surface area contributed by atoms with Crippen LogP contribution in [0.2, 0.25) is 0 Å². The molecular formula is C14H16N2O4. The number of likely N-dealkylation sites (tertiary alicyclic amines) is 1. The van der Waals surface area contributed by atoms with Crippen molar-refractivity contribution in [3.8, 4) is 0 Å². The molecule has 20 heavy (non-hydrogen) atoms. The second-order valence-electron chi connectivity index (χ2n) is 5.25. The third-order valence-electron chi connectivity index (χ3n) is 3.96. The Hall–Kier alpha value is -2.24. The molecule has 6 heteroatoms. The summed E-state index contributed by atoms with van der Waals surface area (Å²) in [4.78, 5) is 23.8. The highest BCUT2D eigenvalue weighted by Gasteiger charge is 2.57. The number of alkyl carbamates (subject to hydrolysis) is 1. The van der Waals surface area contributed by atoms with Gasteiger partial charge in [0.05, 0.1) is 0 Å². The van der Waals surface area contributed by atoms with Crippen LogP contribution >= 0.6 is 0 Å². The van der Waals surface area contributed by atoms with Gasteiger partial charge in [0.2, 0.25) is 0 Å². The fourth-order valence-electron chi connectivity index (χ4n) is 2.80. The summed E-state index contributed by atoms with van der Waals surface area (Å²) in [5, 5.41) is 11.6. The normalized spacial score (nSPS) is 26.8. The lowest BCUT2D eigenvalue weighted by atomic mass is 10.2. The maximum atomic E-state index is 11.7. The van der Waals surface area contributed by atoms with Gasteiger partial charge in [-0.2, -0.15) is 0 Å². The lowest BCUT2D eigenvalue weighted by Gasteiger charge is -2.16. The largest absolute Gasteiger partial charge is 0.465 e. The average Bonchev–Trinajstić information content (AvgIpc) is 2.88. The minimum Gasteiger partial charge on any atom is -0.465 e. The first-order chi connectivity index (χ1) is 9.65. The van der Waals surface area contributed by atoms with Crippen LogP contribution in [-0.4, -0.2) is 41.3 Å². The summed E-state index contributed by atoms with van der Waals surface area (Å²) in [5.41, 5.74) is 0.940. The molecule has 106 valence electrons. The topological polar surface area (TPSA) is 78.9 Å². The predicted molar refractivity (Wildman–Crippen MR) is 70.1 cm³/mol. The number of nitrogens with zero attached hydrogens (tertiary/aromatic N) is 1. The number of rotatable bonds is 3. The van der Waals surface area contributed by atoms with Crippen LogP contribution in [-0.2, 0) is 11.3 Å². The molecule has 2 N–H and O–H groups in total. The maximum Gasteiger partial charge on any atom is 0.407 e. The van der Waals surface area contributed by atoms with Crippen molar-refractivity contribution < 1.29 is 19.4 Å². The van der Waals surface area contributed by atoms with Crippen molar-refractivity contribution in [2.24, 2.45) is 11.8 Å². The number of amides is 2. The minimum absolute atomic E-state index is 0.0638. The van der Waals surface area contributed by atoms with Crippen molar-refractivity contribution in [3.63, 3.8) is 0 Å². The molecule has 1 aliphatic carbocycles. The van der Waals surface area contributed by atoms with E-state index in [0.717, 1.165) is 5.56 Å². The summed E-state index contributed by atoms with van der Waals surface area (Å²) in [7, 11) is 0. The maximum absolute atomic E-state index is 11.7. The molecule has 0 radical (unpaired) electrons. The molecule has 1 aliphatic heterocycles. The molecule has 2 aliphatic rings. The Labute approximate surface area is 116 Å². The lowest BCUT2D eigenvalue weighted by molar-refractivity contribution is 0.134. The third-order valence-corrected chi connectivity index (χ3v) is 3.96. The van der Waals surface area contributed by atoms with Gasteiger partial charge in [0.25, 0.3) is 0 Å². The smallest absolute Gasteiger partial charge is 0.407 e. The van der Waals surface area contributed by atoms with Crippen LogP contribution in [0.25, 0.3) is 0 Å². The predicted octanol–water partition coefficient (Wildman–Crippen LogP) is 1.52. The van der Waals surface area contributed by atoms with Crippen molar-refractivity contribution in [1.82, 2.24) is 10.2 Å². The molecule has 0 aromatic heterocycles. The highest BCUT2D eigenvalue weighted by atomic mass is 16.5. The highest BCUT2D eigenvalue weighted by molar-refractivity contribution is 5.69. The molecule has 0 unspecified atom stereocenters. The summed E-state index contributed by atoms with van der Waals surface area (Å²) in [6.07, 6.45) is -1.32. The van der Waals surface area contributed by atoms with Gasteiger partial charge in [0, 0.05) is 31.0 Å². The van der Waals surface area contributed by atoms with Gasteiger partial charge in [0.1, 0.15) is 6.61 Å². The zero-order chi connectivity index (χ0) is 14.1. The Balaban J connectivity index is 1.40. The average molecular weight is 276 g/mol. The van der Waals surface area contributed by atoms with Crippen LogP contribution in [0.15, 0.2) is 30.3 Å². The number of carbonyl (C=O) groups excluding carboxylic acids is 1. The van der Waals surface area contributed by atoms with Crippen molar-refractivity contribution in [3.05, 3.63) is 35.9 Å². The molecule has 1 saturated heterocycles. The van der Waals surface area contributed by atoms with E-state index < -0.39 is 12.2 Å². The molecule has 3 atom stereocenters. The second kappa shape index (κ2) is 5.03. The number of ether oxygens (including phenoxy) is 1. The van der Waals surface area contributed by atoms with E-state index in [2.05, 4.69) is 5.32 Å². The van der Waals surface area contributed by atoms with E-state index in [1.165, 1.54) is 4.90 Å². The van der Waals surface area contributed by atoms with Gasteiger partial charge in [0.15, 0.2) is 0 Å². The van der Waals surface area contributed by atoms with Crippen molar-refractivity contribution in [1.29, 1.82) is 0 Å². The van der Waals surface area contributed by atoms with E-state index in [1.54, 1.807) is 0 Å². The third kappa shape index (κ3) is 2.54. The molecule has 1 saturated carbocycles. The monoisotopic (exact) mass is 276 g/mol. The first kappa shape index (κ1) is 12.8. The van der Waals surface area contributed by atoms with Crippen LogP contribution in [0.3, 0.4) is 0 Å². The quantitative estimate of drug-likeness (QED) is 0.877. The fourth-order valence-corrected chi connectivity index (χ4v) is 2.80. The number of nitrogens with one attached hydrogen (secondary N) is 1. The Morgan fingerprint density at radius 3 is 2.50 bits per heavy atom. The molecular weight excluding hydrogens is 260 g/mol. The zero-order valence-electron chi connectivity index (χ0n) is 10.9. The van der Waals surface area contributed by atoms with Crippen LogP contribution in [0.5, 0.6) is 0 Å². The van der Waals surface area contributed by atoms with Crippen molar-refractivity contribution >= 4 is 12.2 Å². The first-order valence-corrected chi connectivity index (χ1v) is 6.60.